The average molecular weight is 1700 g/mol. The Kier molecular flexibility index (Phi) is 23.0. The number of H-pyrrole nitrogens is 5. The molecule has 0 saturated heterocycles. The molecule has 20 rings (SSSR count). The molecule has 27 nitrogen and oxygen atoms in total. The van der Waals surface area contributed by atoms with Gasteiger partial charge < -0.3 is 47.9 Å². The zero-order valence-corrected chi connectivity index (χ0v) is 71.6. The fourth-order valence-corrected chi connectivity index (χ4v) is 18.5. The summed E-state index contributed by atoms with van der Waals surface area (Å²) in [6, 6.07) is 38.3. The number of aromatic nitrogens is 21. The maximum absolute atomic E-state index is 12.6. The molecule has 0 fully saturated rings. The van der Waals surface area contributed by atoms with Gasteiger partial charge in [0.15, 0.2) is 52.4 Å². The number of thiophene rings is 5. The Morgan fingerprint density at radius 1 is 0.380 bits per heavy atom. The Balaban J connectivity index is 0.000000113. The van der Waals surface area contributed by atoms with Crippen LogP contribution in [0.15, 0.2) is 224 Å². The monoisotopic (exact) mass is 1700 g/mol. The first-order valence-corrected chi connectivity index (χ1v) is 42.4. The first-order valence-electron chi connectivity index (χ1n) is 38.1. The van der Waals surface area contributed by atoms with Crippen LogP contribution in [0.5, 0.6) is 5.88 Å². The number of imidazole rings is 4. The Bertz CT molecular complexity index is 7570. The minimum absolute atomic E-state index is 0.120. The topological polar surface area (TPSA) is 348 Å². The SMILES string of the molecule is CC(C)COc1ccc(-c2csc3c(=O)[nH]c(-c4nccn4C)nc23)cn1.Cc1cccc(-c2c(C)sc3c(=O)[nH]c(-c4nccn4C)nc23)c1.Cc1cccc(-c2csc3c(=O)[nH]c(-c4ccncn4)nc23)c1.Cc1cccc(-c2csc3c(=O)[nH]c(-c4nccn4C)nc23)c1.Cc1ccccc1-c1c(C)sc2c(=O)[nH]c(-c3nccn3C)nc12. The average Bonchev–Trinajstić information content (AvgIpc) is 1.61. The van der Waals surface area contributed by atoms with Gasteiger partial charge in [0, 0.05) is 156 Å². The Labute approximate surface area is 709 Å². The molecule has 0 amide bonds. The van der Waals surface area contributed by atoms with Gasteiger partial charge in [-0.15, -0.1) is 56.7 Å². The number of fused-ring (bicyclic) bond motifs is 5. The van der Waals surface area contributed by atoms with Gasteiger partial charge in [-0.05, 0) is 87.4 Å². The number of aromatic amines is 5. The van der Waals surface area contributed by atoms with E-state index in [9.17, 15) is 24.0 Å². The predicted molar refractivity (Wildman–Crippen MR) is 485 cm³/mol. The summed E-state index contributed by atoms with van der Waals surface area (Å²) in [5.74, 6) is 5.95. The highest BCUT2D eigenvalue weighted by Gasteiger charge is 2.24. The van der Waals surface area contributed by atoms with Crippen molar-refractivity contribution in [3.05, 3.63) is 283 Å². The van der Waals surface area contributed by atoms with Crippen LogP contribution < -0.4 is 32.5 Å². The van der Waals surface area contributed by atoms with Gasteiger partial charge in [-0.2, -0.15) is 0 Å². The van der Waals surface area contributed by atoms with Crippen LogP contribution in [0.4, 0.5) is 0 Å². The molecule has 16 heterocycles. The lowest BCUT2D eigenvalue weighted by atomic mass is 10.0. The smallest absolute Gasteiger partial charge is 0.269 e. The van der Waals surface area contributed by atoms with Crippen LogP contribution in [-0.2, 0) is 28.2 Å². The molecular weight excluding hydrogens is 1620 g/mol. The third kappa shape index (κ3) is 16.8. The molecule has 0 spiro atoms. The summed E-state index contributed by atoms with van der Waals surface area (Å²) in [7, 11) is 7.50. The summed E-state index contributed by atoms with van der Waals surface area (Å²) in [5.41, 5.74) is 18.3. The number of benzene rings is 4. The van der Waals surface area contributed by atoms with E-state index in [-0.39, 0.29) is 27.8 Å². The molecule has 0 aliphatic heterocycles. The second kappa shape index (κ2) is 34.5. The van der Waals surface area contributed by atoms with Gasteiger partial charge in [0.05, 0.1) is 34.2 Å². The standard InChI is InChI=1S/C19H19N5O2S.2C18H16N4OS.C17H14N4OS.C17H12N4OS/c1-11(2)9-26-14-5-4-12(8-21-14)13-10-27-16-15(13)22-17(23-19(16)25)18-20-6-7-24(18)3;1-10-5-4-6-12(9-10)13-11(2)24-15-14(13)20-16(21-18(15)23)17-19-7-8-22(17)3;1-10-6-4-5-7-12(10)13-11(2)24-15-14(13)20-16(21-18(15)23)17-19-8-9-22(17)3;1-10-4-3-5-11(8-10)12-9-23-14-13(12)19-15(20-17(14)22)16-18-6-7-21(16)2;1-10-3-2-4-11(7-10)12-8-23-15-14(12)20-16(21-17(15)22)13-5-6-18-9-19-13/h4-8,10-11H,9H2,1-3H3,(H,22,23,25);2*4-9H,1-3H3,(H,20,21,23);3-9H,1-2H3,(H,19,20,22);2-9H,1H3,(H,20,21,22). The van der Waals surface area contributed by atoms with Crippen molar-refractivity contribution in [2.24, 2.45) is 34.1 Å². The van der Waals surface area contributed by atoms with Crippen LogP contribution in [0.1, 0.15) is 45.9 Å². The quantitative estimate of drug-likeness (QED) is 0.0716. The van der Waals surface area contributed by atoms with Crippen LogP contribution in [-0.4, -0.2) is 110 Å². The third-order valence-electron chi connectivity index (χ3n) is 19.7. The maximum Gasteiger partial charge on any atom is 0.269 e. The molecule has 604 valence electrons. The van der Waals surface area contributed by atoms with Gasteiger partial charge in [0.25, 0.3) is 27.8 Å². The predicted octanol–water partition coefficient (Wildman–Crippen LogP) is 17.6. The second-order valence-corrected chi connectivity index (χ2v) is 34.1. The number of hydrogen-bond acceptors (Lipinski definition) is 23. The fraction of sp³-hybridized carbons (Fsp3) is 0.157. The zero-order chi connectivity index (χ0) is 84.4. The van der Waals surface area contributed by atoms with E-state index in [0.717, 1.165) is 81.9 Å². The van der Waals surface area contributed by atoms with Crippen LogP contribution in [0, 0.1) is 47.5 Å². The normalized spacial score (nSPS) is 11.2. The molecule has 0 atom stereocenters. The van der Waals surface area contributed by atoms with Crippen molar-refractivity contribution in [3.8, 4) is 120 Å². The first-order chi connectivity index (χ1) is 58.5. The molecule has 4 aromatic carbocycles. The Morgan fingerprint density at radius 2 is 0.777 bits per heavy atom. The van der Waals surface area contributed by atoms with Gasteiger partial charge in [-0.25, -0.2) is 59.8 Å². The number of ether oxygens (including phenoxy) is 1. The second-order valence-electron chi connectivity index (χ2n) is 29.0. The summed E-state index contributed by atoms with van der Waals surface area (Å²) >= 11 is 7.16. The first kappa shape index (κ1) is 80.7. The van der Waals surface area contributed by atoms with Crippen LogP contribution >= 0.6 is 56.7 Å². The highest BCUT2D eigenvalue weighted by atomic mass is 32.1. The highest BCUT2D eigenvalue weighted by molar-refractivity contribution is 7.20. The molecule has 5 N–H and O–H groups in total. The molecule has 0 aliphatic rings. The zero-order valence-electron chi connectivity index (χ0n) is 67.5. The number of rotatable bonds is 13. The lowest BCUT2D eigenvalue weighted by molar-refractivity contribution is 0.261. The molecule has 121 heavy (non-hydrogen) atoms. The van der Waals surface area contributed by atoms with Crippen molar-refractivity contribution in [1.29, 1.82) is 0 Å². The van der Waals surface area contributed by atoms with Gasteiger partial charge in [-0.1, -0.05) is 128 Å². The summed E-state index contributed by atoms with van der Waals surface area (Å²) in [6.07, 6.45) is 18.9. The number of pyridine rings is 1. The van der Waals surface area contributed by atoms with Crippen molar-refractivity contribution >= 4 is 108 Å². The molecule has 0 unspecified atom stereocenters. The molecule has 16 aromatic heterocycles. The molecule has 0 bridgehead atoms. The molecule has 0 saturated carbocycles. The van der Waals surface area contributed by atoms with Crippen LogP contribution in [0.2, 0.25) is 0 Å². The maximum atomic E-state index is 12.6. The Hall–Kier alpha value is -14.1. The summed E-state index contributed by atoms with van der Waals surface area (Å²) in [6.45, 7) is 17.1. The van der Waals surface area contributed by atoms with Crippen molar-refractivity contribution in [2.45, 2.75) is 55.4 Å². The molecule has 32 heteroatoms. The van der Waals surface area contributed by atoms with Crippen molar-refractivity contribution in [3.63, 3.8) is 0 Å². The number of aryl methyl sites for hydroxylation is 10. The lowest BCUT2D eigenvalue weighted by Gasteiger charge is -2.08. The molecule has 0 radical (unpaired) electrons. The molecular formula is C89H77N21O6S5. The number of nitrogens with zero attached hydrogens (tertiary/aromatic N) is 16. The van der Waals surface area contributed by atoms with Crippen LogP contribution in [0.25, 0.3) is 165 Å². The molecule has 20 aromatic rings. The van der Waals surface area contributed by atoms with E-state index in [2.05, 4.69) is 158 Å². The largest absolute Gasteiger partial charge is 0.477 e. The van der Waals surface area contributed by atoms with Crippen molar-refractivity contribution < 1.29 is 4.74 Å². The van der Waals surface area contributed by atoms with Gasteiger partial charge >= 0.3 is 0 Å². The van der Waals surface area contributed by atoms with Crippen molar-refractivity contribution in [1.82, 2.24) is 103 Å². The van der Waals surface area contributed by atoms with E-state index in [0.29, 0.717) is 111 Å². The van der Waals surface area contributed by atoms with E-state index < -0.39 is 0 Å². The third-order valence-corrected chi connectivity index (χ3v) is 24.8. The summed E-state index contributed by atoms with van der Waals surface area (Å²) in [5, 5.41) is 5.90. The summed E-state index contributed by atoms with van der Waals surface area (Å²) < 4.78 is 16.1. The highest BCUT2D eigenvalue weighted by Crippen LogP contribution is 2.41. The fourth-order valence-electron chi connectivity index (χ4n) is 13.8. The number of hydrogen-bond donors (Lipinski definition) is 5. The van der Waals surface area contributed by atoms with E-state index in [1.807, 2.05) is 169 Å². The van der Waals surface area contributed by atoms with Gasteiger partial charge in [-0.3, -0.25) is 24.0 Å². The van der Waals surface area contributed by atoms with Crippen LogP contribution in [0.3, 0.4) is 0 Å². The minimum atomic E-state index is -0.168. The van der Waals surface area contributed by atoms with E-state index in [1.54, 1.807) is 43.2 Å². The van der Waals surface area contributed by atoms with Crippen molar-refractivity contribution in [2.75, 3.05) is 6.61 Å². The number of nitrogens with one attached hydrogen (secondary N) is 5. The van der Waals surface area contributed by atoms with E-state index in [1.165, 1.54) is 85.3 Å². The Morgan fingerprint density at radius 3 is 1.18 bits per heavy atom. The van der Waals surface area contributed by atoms with Gasteiger partial charge in [0.1, 0.15) is 35.5 Å². The van der Waals surface area contributed by atoms with Gasteiger partial charge in [0.2, 0.25) is 5.88 Å². The summed E-state index contributed by atoms with van der Waals surface area (Å²) in [4.78, 5) is 132. The van der Waals surface area contributed by atoms with E-state index >= 15 is 0 Å². The molecule has 0 aliphatic carbocycles. The minimum Gasteiger partial charge on any atom is -0.477 e. The lowest BCUT2D eigenvalue weighted by Crippen LogP contribution is -2.09. The van der Waals surface area contributed by atoms with E-state index in [4.69, 9.17) is 14.7 Å².